The molecule has 2 aliphatic heterocycles. The fourth-order valence-electron chi connectivity index (χ4n) is 3.22. The van der Waals surface area contributed by atoms with E-state index in [9.17, 15) is 14.7 Å². The highest BCUT2D eigenvalue weighted by Crippen LogP contribution is 2.34. The van der Waals surface area contributed by atoms with E-state index in [4.69, 9.17) is 0 Å². The number of rotatable bonds is 2. The molecule has 2 unspecified atom stereocenters. The first-order valence-electron chi connectivity index (χ1n) is 7.59. The molecule has 0 radical (unpaired) electrons. The number of nitrogens with zero attached hydrogens (tertiary/aromatic N) is 2. The van der Waals surface area contributed by atoms with Crippen LogP contribution in [0.1, 0.15) is 40.0 Å². The number of amides is 2. The summed E-state index contributed by atoms with van der Waals surface area (Å²) in [4.78, 5) is 27.7. The molecule has 2 rings (SSSR count). The number of likely N-dealkylation sites (tertiary alicyclic amines) is 2. The Kier molecular flexibility index (Phi) is 4.25. The van der Waals surface area contributed by atoms with Crippen LogP contribution >= 0.6 is 0 Å². The summed E-state index contributed by atoms with van der Waals surface area (Å²) in [6, 6.07) is 0.0974. The lowest BCUT2D eigenvalue weighted by Crippen LogP contribution is -2.50. The smallest absolute Gasteiger partial charge is 0.320 e. The van der Waals surface area contributed by atoms with Gasteiger partial charge in [-0.15, -0.1) is 0 Å². The standard InChI is InChI=1S/C15H26N2O3/c1-11-6-8-17(9-11)14(20)16-7-4-5-12(10-16)15(2,3)13(18)19/h11-12H,4-10H2,1-3H3,(H,18,19). The van der Waals surface area contributed by atoms with Gasteiger partial charge in [0.25, 0.3) is 0 Å². The van der Waals surface area contributed by atoms with Gasteiger partial charge in [-0.3, -0.25) is 4.79 Å². The van der Waals surface area contributed by atoms with E-state index in [1.165, 1.54) is 0 Å². The zero-order chi connectivity index (χ0) is 14.9. The van der Waals surface area contributed by atoms with Crippen LogP contribution in [0.15, 0.2) is 0 Å². The molecule has 20 heavy (non-hydrogen) atoms. The van der Waals surface area contributed by atoms with Gasteiger partial charge in [-0.2, -0.15) is 0 Å². The van der Waals surface area contributed by atoms with E-state index >= 15 is 0 Å². The highest BCUT2D eigenvalue weighted by atomic mass is 16.4. The molecule has 2 fully saturated rings. The van der Waals surface area contributed by atoms with E-state index in [1.807, 2.05) is 9.80 Å². The number of piperidine rings is 1. The third-order valence-electron chi connectivity index (χ3n) is 4.96. The van der Waals surface area contributed by atoms with E-state index in [0.717, 1.165) is 38.9 Å². The number of hydrogen-bond acceptors (Lipinski definition) is 2. The molecular weight excluding hydrogens is 256 g/mol. The highest BCUT2D eigenvalue weighted by Gasteiger charge is 2.41. The molecule has 114 valence electrons. The van der Waals surface area contributed by atoms with Gasteiger partial charge >= 0.3 is 12.0 Å². The zero-order valence-electron chi connectivity index (χ0n) is 12.8. The van der Waals surface area contributed by atoms with Gasteiger partial charge in [-0.25, -0.2) is 4.79 Å². The van der Waals surface area contributed by atoms with Gasteiger partial charge in [-0.1, -0.05) is 6.92 Å². The number of hydrogen-bond donors (Lipinski definition) is 1. The van der Waals surface area contributed by atoms with Crippen LogP contribution < -0.4 is 0 Å². The van der Waals surface area contributed by atoms with Crippen molar-refractivity contribution in [2.75, 3.05) is 26.2 Å². The normalized spacial score (nSPS) is 27.8. The monoisotopic (exact) mass is 282 g/mol. The van der Waals surface area contributed by atoms with Crippen molar-refractivity contribution < 1.29 is 14.7 Å². The van der Waals surface area contributed by atoms with Crippen LogP contribution in [0.5, 0.6) is 0 Å². The van der Waals surface area contributed by atoms with Crippen LogP contribution in [0, 0.1) is 17.3 Å². The molecule has 5 nitrogen and oxygen atoms in total. The number of urea groups is 1. The summed E-state index contributed by atoms with van der Waals surface area (Å²) >= 11 is 0. The summed E-state index contributed by atoms with van der Waals surface area (Å²) in [7, 11) is 0. The lowest BCUT2D eigenvalue weighted by atomic mass is 9.74. The third kappa shape index (κ3) is 2.91. The highest BCUT2D eigenvalue weighted by molar-refractivity contribution is 5.76. The SMILES string of the molecule is CC1CCN(C(=O)N2CCCC(C(C)(C)C(=O)O)C2)C1. The molecule has 0 aromatic carbocycles. The number of carboxylic acid groups (broad SMARTS) is 1. The Morgan fingerprint density at radius 2 is 1.75 bits per heavy atom. The van der Waals surface area contributed by atoms with Gasteiger partial charge in [0, 0.05) is 26.2 Å². The Hall–Kier alpha value is -1.26. The fraction of sp³-hybridized carbons (Fsp3) is 0.867. The Bertz CT molecular complexity index is 395. The number of carbonyl (C=O) groups excluding carboxylic acids is 1. The van der Waals surface area contributed by atoms with Crippen molar-refractivity contribution in [1.29, 1.82) is 0 Å². The summed E-state index contributed by atoms with van der Waals surface area (Å²) in [5, 5.41) is 9.35. The minimum Gasteiger partial charge on any atom is -0.481 e. The molecule has 5 heteroatoms. The minimum absolute atomic E-state index is 0.0396. The van der Waals surface area contributed by atoms with Crippen LogP contribution in [0.4, 0.5) is 4.79 Å². The van der Waals surface area contributed by atoms with Gasteiger partial charge in [0.15, 0.2) is 0 Å². The summed E-state index contributed by atoms with van der Waals surface area (Å²) in [5.74, 6) is -0.153. The Morgan fingerprint density at radius 1 is 1.10 bits per heavy atom. The molecular formula is C15H26N2O3. The predicted molar refractivity (Wildman–Crippen MR) is 76.5 cm³/mol. The minimum atomic E-state index is -0.772. The first kappa shape index (κ1) is 15.1. The van der Waals surface area contributed by atoms with E-state index < -0.39 is 11.4 Å². The number of carboxylic acids is 1. The number of aliphatic carboxylic acids is 1. The van der Waals surface area contributed by atoms with Crippen molar-refractivity contribution in [3.05, 3.63) is 0 Å². The molecule has 1 N–H and O–H groups in total. The second-order valence-corrected chi connectivity index (χ2v) is 6.93. The summed E-state index contributed by atoms with van der Waals surface area (Å²) < 4.78 is 0. The van der Waals surface area contributed by atoms with E-state index in [-0.39, 0.29) is 11.9 Å². The Morgan fingerprint density at radius 3 is 2.30 bits per heavy atom. The average molecular weight is 282 g/mol. The molecule has 2 aliphatic rings. The van der Waals surface area contributed by atoms with Crippen molar-refractivity contribution in [2.24, 2.45) is 17.3 Å². The molecule has 2 heterocycles. The molecule has 0 saturated carbocycles. The van der Waals surface area contributed by atoms with E-state index in [1.54, 1.807) is 13.8 Å². The van der Waals surface area contributed by atoms with Crippen LogP contribution in [0.3, 0.4) is 0 Å². The van der Waals surface area contributed by atoms with Crippen LogP contribution in [0.2, 0.25) is 0 Å². The molecule has 0 aromatic heterocycles. The van der Waals surface area contributed by atoms with Gasteiger partial charge in [0.1, 0.15) is 0 Å². The van der Waals surface area contributed by atoms with E-state index in [2.05, 4.69) is 6.92 Å². The molecule has 0 spiro atoms. The topological polar surface area (TPSA) is 60.9 Å². The van der Waals surface area contributed by atoms with Crippen molar-refractivity contribution in [3.63, 3.8) is 0 Å². The van der Waals surface area contributed by atoms with Gasteiger partial charge in [0.05, 0.1) is 5.41 Å². The van der Waals surface area contributed by atoms with Gasteiger partial charge in [0.2, 0.25) is 0 Å². The lowest BCUT2D eigenvalue weighted by molar-refractivity contribution is -0.151. The molecule has 0 aromatic rings. The first-order chi connectivity index (χ1) is 9.32. The maximum absolute atomic E-state index is 12.5. The summed E-state index contributed by atoms with van der Waals surface area (Å²) in [6.45, 7) is 8.71. The summed E-state index contributed by atoms with van der Waals surface area (Å²) in [6.07, 6.45) is 2.86. The molecule has 0 bridgehead atoms. The van der Waals surface area contributed by atoms with Crippen LogP contribution in [-0.2, 0) is 4.79 Å². The Balaban J connectivity index is 2.00. The second kappa shape index (κ2) is 5.62. The third-order valence-corrected chi connectivity index (χ3v) is 4.96. The summed E-state index contributed by atoms with van der Waals surface area (Å²) in [5.41, 5.74) is -0.767. The Labute approximate surface area is 120 Å². The van der Waals surface area contributed by atoms with Crippen LogP contribution in [-0.4, -0.2) is 53.1 Å². The molecule has 2 atom stereocenters. The molecule has 2 amide bonds. The van der Waals surface area contributed by atoms with Crippen LogP contribution in [0.25, 0.3) is 0 Å². The maximum Gasteiger partial charge on any atom is 0.320 e. The van der Waals surface area contributed by atoms with Crippen molar-refractivity contribution >= 4 is 12.0 Å². The first-order valence-corrected chi connectivity index (χ1v) is 7.59. The van der Waals surface area contributed by atoms with Gasteiger partial charge < -0.3 is 14.9 Å². The molecule has 0 aliphatic carbocycles. The number of carbonyl (C=O) groups is 2. The van der Waals surface area contributed by atoms with Crippen molar-refractivity contribution in [3.8, 4) is 0 Å². The van der Waals surface area contributed by atoms with Crippen molar-refractivity contribution in [1.82, 2.24) is 9.80 Å². The van der Waals surface area contributed by atoms with E-state index in [0.29, 0.717) is 12.5 Å². The van der Waals surface area contributed by atoms with Crippen molar-refractivity contribution in [2.45, 2.75) is 40.0 Å². The predicted octanol–water partition coefficient (Wildman–Crippen LogP) is 2.27. The average Bonchev–Trinajstić information content (AvgIpc) is 2.84. The quantitative estimate of drug-likeness (QED) is 0.845. The largest absolute Gasteiger partial charge is 0.481 e. The van der Waals surface area contributed by atoms with Gasteiger partial charge in [-0.05, 0) is 44.9 Å². The molecule has 2 saturated heterocycles. The second-order valence-electron chi connectivity index (χ2n) is 6.93. The maximum atomic E-state index is 12.5. The zero-order valence-corrected chi connectivity index (χ0v) is 12.8. The lowest BCUT2D eigenvalue weighted by Gasteiger charge is -2.40. The fourth-order valence-corrected chi connectivity index (χ4v) is 3.22.